The largest absolute Gasteiger partial charge is 0.431 e. The van der Waals surface area contributed by atoms with Crippen LogP contribution in [0, 0.1) is 6.92 Å². The highest BCUT2D eigenvalue weighted by atomic mass is 32.2. The smallest absolute Gasteiger partial charge is 0.256 e. The van der Waals surface area contributed by atoms with Crippen molar-refractivity contribution in [3.8, 4) is 0 Å². The number of fused-ring (bicyclic) bond motifs is 1. The van der Waals surface area contributed by atoms with Crippen molar-refractivity contribution in [2.75, 3.05) is 113 Å². The average Bonchev–Trinajstić information content (AvgIpc) is 3.42. The van der Waals surface area contributed by atoms with Gasteiger partial charge >= 0.3 is 0 Å². The number of pyridine rings is 1. The van der Waals surface area contributed by atoms with E-state index in [9.17, 15) is 4.79 Å². The third-order valence-corrected chi connectivity index (χ3v) is 8.58. The number of morpholine rings is 2. The van der Waals surface area contributed by atoms with Gasteiger partial charge in [-0.2, -0.15) is 0 Å². The van der Waals surface area contributed by atoms with Crippen molar-refractivity contribution in [2.45, 2.75) is 12.1 Å². The van der Waals surface area contributed by atoms with Crippen LogP contribution in [0.15, 0.2) is 40.0 Å². The zero-order valence-corrected chi connectivity index (χ0v) is 24.5. The van der Waals surface area contributed by atoms with Gasteiger partial charge in [-0.15, -0.1) is 0 Å². The molecule has 0 bridgehead atoms. The van der Waals surface area contributed by atoms with Crippen molar-refractivity contribution in [3.63, 3.8) is 0 Å². The van der Waals surface area contributed by atoms with E-state index in [1.54, 1.807) is 11.8 Å². The van der Waals surface area contributed by atoms with Crippen molar-refractivity contribution in [1.82, 2.24) is 19.8 Å². The van der Waals surface area contributed by atoms with Gasteiger partial charge < -0.3 is 29.0 Å². The number of piperazine rings is 1. The molecule has 1 N–H and O–H groups in total. The topological polar surface area (TPSA) is 99.4 Å². The Morgan fingerprint density at radius 1 is 0.902 bits per heavy atom. The lowest BCUT2D eigenvalue weighted by atomic mass is 10.2. The molecule has 3 aliphatic heterocycles. The summed E-state index contributed by atoms with van der Waals surface area (Å²) in [5.41, 5.74) is 4.50. The lowest BCUT2D eigenvalue weighted by Gasteiger charge is -2.36. The van der Waals surface area contributed by atoms with Crippen LogP contribution in [0.1, 0.15) is 5.69 Å². The molecule has 11 nitrogen and oxygen atoms in total. The molecular weight excluding hydrogens is 542 g/mol. The van der Waals surface area contributed by atoms with Crippen LogP contribution in [0.5, 0.6) is 0 Å². The maximum atomic E-state index is 13.4. The second-order valence-electron chi connectivity index (χ2n) is 10.6. The zero-order valence-electron chi connectivity index (χ0n) is 23.7. The van der Waals surface area contributed by atoms with Crippen LogP contribution in [-0.4, -0.2) is 123 Å². The second-order valence-corrected chi connectivity index (χ2v) is 11.7. The summed E-state index contributed by atoms with van der Waals surface area (Å²) in [7, 11) is 0. The van der Waals surface area contributed by atoms with Crippen LogP contribution in [0.2, 0.25) is 0 Å². The number of aromatic nitrogens is 2. The fraction of sp³-hybridized carbons (Fsp3) is 0.552. The summed E-state index contributed by atoms with van der Waals surface area (Å²) < 4.78 is 17.0. The number of oxazole rings is 1. The van der Waals surface area contributed by atoms with Crippen molar-refractivity contribution >= 4 is 46.0 Å². The number of hydrogen-bond donors (Lipinski definition) is 1. The number of nitrogens with zero attached hydrogens (tertiary/aromatic N) is 6. The van der Waals surface area contributed by atoms with E-state index in [0.29, 0.717) is 33.0 Å². The molecule has 12 heteroatoms. The number of amides is 1. The highest BCUT2D eigenvalue weighted by Gasteiger charge is 2.26. The molecular formula is C29H39N7O4S. The molecule has 5 heterocycles. The van der Waals surface area contributed by atoms with Crippen molar-refractivity contribution in [3.05, 3.63) is 36.0 Å². The molecule has 1 amide bonds. The first-order valence-corrected chi connectivity index (χ1v) is 15.5. The lowest BCUT2D eigenvalue weighted by Crippen LogP contribution is -2.49. The standard InChI is InChI=1S/C29H39N7O4S/c1-22-20-24(35-10-15-38-16-11-35)27(28(30-22)36-12-17-39-18-13-36)32-26(37)21-34-8-6-33(7-9-34)14-19-41-29-31-23-4-2-3-5-25(23)40-29/h2-5,20H,6-19,21H2,1H3,(H,32,37). The Morgan fingerprint density at radius 3 is 2.32 bits per heavy atom. The summed E-state index contributed by atoms with van der Waals surface area (Å²) in [6.07, 6.45) is 0. The van der Waals surface area contributed by atoms with Gasteiger partial charge in [0.25, 0.3) is 5.22 Å². The second kappa shape index (κ2) is 13.4. The highest BCUT2D eigenvalue weighted by molar-refractivity contribution is 7.99. The van der Waals surface area contributed by atoms with Gasteiger partial charge in [-0.1, -0.05) is 23.9 Å². The summed E-state index contributed by atoms with van der Waals surface area (Å²) in [5.74, 6) is 1.76. The molecule has 0 spiro atoms. The number of rotatable bonds is 9. The average molecular weight is 582 g/mol. The minimum absolute atomic E-state index is 0.000336. The summed E-state index contributed by atoms with van der Waals surface area (Å²) in [4.78, 5) is 32.1. The number of aryl methyl sites for hydroxylation is 1. The van der Waals surface area contributed by atoms with Gasteiger partial charge in [0.05, 0.1) is 38.7 Å². The fourth-order valence-corrected chi connectivity index (χ4v) is 6.38. The first-order chi connectivity index (χ1) is 20.1. The normalized spacial score (nSPS) is 19.1. The number of nitrogens with one attached hydrogen (secondary N) is 1. The first-order valence-electron chi connectivity index (χ1n) is 14.5. The molecule has 3 fully saturated rings. The van der Waals surface area contributed by atoms with Crippen LogP contribution in [0.4, 0.5) is 17.2 Å². The van der Waals surface area contributed by atoms with E-state index >= 15 is 0 Å². The van der Waals surface area contributed by atoms with Gasteiger partial charge in [0.1, 0.15) is 11.2 Å². The number of anilines is 3. The van der Waals surface area contributed by atoms with Gasteiger partial charge in [0.2, 0.25) is 5.91 Å². The van der Waals surface area contributed by atoms with Gasteiger partial charge in [-0.25, -0.2) is 9.97 Å². The van der Waals surface area contributed by atoms with E-state index < -0.39 is 0 Å². The maximum absolute atomic E-state index is 13.4. The Balaban J connectivity index is 1.04. The van der Waals surface area contributed by atoms with E-state index in [1.165, 1.54) is 0 Å². The molecule has 1 aromatic carbocycles. The van der Waals surface area contributed by atoms with Crippen LogP contribution >= 0.6 is 11.8 Å². The Kier molecular flexibility index (Phi) is 9.22. The lowest BCUT2D eigenvalue weighted by molar-refractivity contribution is -0.117. The Bertz CT molecular complexity index is 1250. The van der Waals surface area contributed by atoms with E-state index in [4.69, 9.17) is 18.9 Å². The molecule has 0 radical (unpaired) electrons. The number of carbonyl (C=O) groups excluding carboxylic acids is 1. The molecule has 0 unspecified atom stereocenters. The highest BCUT2D eigenvalue weighted by Crippen LogP contribution is 2.36. The predicted molar refractivity (Wildman–Crippen MR) is 161 cm³/mol. The molecule has 41 heavy (non-hydrogen) atoms. The SMILES string of the molecule is Cc1cc(N2CCOCC2)c(NC(=O)CN2CCN(CCSc3nc4ccccc4o3)CC2)c(N2CCOCC2)n1. The maximum Gasteiger partial charge on any atom is 0.256 e. The molecule has 3 saturated heterocycles. The Labute approximate surface area is 245 Å². The number of ether oxygens (including phenoxy) is 2. The van der Waals surface area contributed by atoms with Crippen LogP contribution in [0.3, 0.4) is 0 Å². The fourth-order valence-electron chi connectivity index (χ4n) is 5.55. The van der Waals surface area contributed by atoms with Crippen LogP contribution in [0.25, 0.3) is 11.1 Å². The molecule has 2 aromatic heterocycles. The van der Waals surface area contributed by atoms with Gasteiger partial charge in [-0.3, -0.25) is 14.6 Å². The van der Waals surface area contributed by atoms with Crippen LogP contribution in [-0.2, 0) is 14.3 Å². The Morgan fingerprint density at radius 2 is 1.59 bits per heavy atom. The molecule has 220 valence electrons. The first kappa shape index (κ1) is 28.2. The summed E-state index contributed by atoms with van der Waals surface area (Å²) in [5, 5.41) is 4.00. The summed E-state index contributed by atoms with van der Waals surface area (Å²) >= 11 is 1.65. The van der Waals surface area contributed by atoms with Gasteiger partial charge in [0.15, 0.2) is 11.4 Å². The van der Waals surface area contributed by atoms with E-state index in [1.807, 2.05) is 31.2 Å². The van der Waals surface area contributed by atoms with E-state index in [2.05, 4.69) is 36.0 Å². The van der Waals surface area contributed by atoms with Gasteiger partial charge in [0, 0.05) is 70.3 Å². The minimum atomic E-state index is -0.000336. The van der Waals surface area contributed by atoms with Crippen molar-refractivity contribution < 1.29 is 18.7 Å². The Hall–Kier alpha value is -2.90. The van der Waals surface area contributed by atoms with Crippen LogP contribution < -0.4 is 15.1 Å². The molecule has 0 aliphatic carbocycles. The van der Waals surface area contributed by atoms with E-state index in [0.717, 1.165) is 104 Å². The van der Waals surface area contributed by atoms with Crippen molar-refractivity contribution in [2.24, 2.45) is 0 Å². The third kappa shape index (κ3) is 7.12. The summed E-state index contributed by atoms with van der Waals surface area (Å²) in [6.45, 7) is 12.7. The van der Waals surface area contributed by atoms with Crippen molar-refractivity contribution in [1.29, 1.82) is 0 Å². The number of hydrogen-bond acceptors (Lipinski definition) is 11. The molecule has 0 atom stereocenters. The minimum Gasteiger partial charge on any atom is -0.431 e. The predicted octanol–water partition coefficient (Wildman–Crippen LogP) is 2.55. The molecule has 3 aromatic rings. The zero-order chi connectivity index (χ0) is 28.0. The summed E-state index contributed by atoms with van der Waals surface area (Å²) in [6, 6.07) is 9.95. The third-order valence-electron chi connectivity index (χ3n) is 7.77. The number of para-hydroxylation sites is 2. The molecule has 6 rings (SSSR count). The number of carbonyl (C=O) groups is 1. The molecule has 0 saturated carbocycles. The quantitative estimate of drug-likeness (QED) is 0.378. The number of thioether (sulfide) groups is 1. The monoisotopic (exact) mass is 581 g/mol. The number of benzene rings is 1. The molecule has 3 aliphatic rings. The van der Waals surface area contributed by atoms with E-state index in [-0.39, 0.29) is 5.91 Å². The van der Waals surface area contributed by atoms with Gasteiger partial charge in [-0.05, 0) is 25.1 Å².